The fourth-order valence-electron chi connectivity index (χ4n) is 1.93. The number of halogens is 3. The van der Waals surface area contributed by atoms with E-state index >= 15 is 0 Å². The number of urea groups is 1. The molecule has 0 atom stereocenters. The Balaban J connectivity index is 2.08. The van der Waals surface area contributed by atoms with Crippen molar-refractivity contribution in [2.45, 2.75) is 13.5 Å². The number of benzene rings is 1. The predicted molar refractivity (Wildman–Crippen MR) is 78.6 cm³/mol. The van der Waals surface area contributed by atoms with Gasteiger partial charge in [0.25, 0.3) is 5.56 Å². The van der Waals surface area contributed by atoms with Gasteiger partial charge >= 0.3 is 6.03 Å². The molecular weight excluding hydrogens is 311 g/mol. The molecule has 0 aliphatic carbocycles. The number of rotatable bonds is 3. The topological polar surface area (TPSA) is 65.2 Å². The third-order valence-electron chi connectivity index (χ3n) is 3.15. The predicted octanol–water partition coefficient (Wildman–Crippen LogP) is 2.76. The van der Waals surface area contributed by atoms with Crippen molar-refractivity contribution < 1.29 is 18.0 Å². The van der Waals surface area contributed by atoms with Gasteiger partial charge in [-0.1, -0.05) is 0 Å². The van der Waals surface area contributed by atoms with Crippen molar-refractivity contribution in [3.05, 3.63) is 63.3 Å². The molecule has 0 bridgehead atoms. The van der Waals surface area contributed by atoms with E-state index in [1.807, 2.05) is 0 Å². The van der Waals surface area contributed by atoms with Crippen molar-refractivity contribution in [3.8, 4) is 0 Å². The lowest BCUT2D eigenvalue weighted by molar-refractivity contribution is 0.220. The molecule has 1 heterocycles. The molecule has 0 aliphatic heterocycles. The minimum atomic E-state index is -1.55. The molecule has 122 valence electrons. The molecule has 0 saturated carbocycles. The zero-order chi connectivity index (χ0) is 17.1. The van der Waals surface area contributed by atoms with Crippen LogP contribution < -0.4 is 10.9 Å². The average Bonchev–Trinajstić information content (AvgIpc) is 2.48. The molecule has 0 saturated heterocycles. The van der Waals surface area contributed by atoms with E-state index in [4.69, 9.17) is 0 Å². The number of hydrogen-bond donors (Lipinski definition) is 2. The number of carbonyl (C=O) groups excluding carboxylic acids is 1. The zero-order valence-electron chi connectivity index (χ0n) is 12.4. The molecule has 0 fully saturated rings. The normalized spacial score (nSPS) is 10.5. The standard InChI is InChI=1S/C15H14F3N3O2/c1-8-3-10(6-19-14(8)22)20-15(23)21(2)7-9-4-11(16)13(18)12(17)5-9/h3-6H,7H2,1-2H3,(H,19,22)(H,20,23). The lowest BCUT2D eigenvalue weighted by atomic mass is 10.2. The summed E-state index contributed by atoms with van der Waals surface area (Å²) in [5.74, 6) is -4.18. The van der Waals surface area contributed by atoms with Gasteiger partial charge in [0, 0.05) is 25.4 Å². The van der Waals surface area contributed by atoms with Crippen LogP contribution in [0.1, 0.15) is 11.1 Å². The number of carbonyl (C=O) groups is 1. The van der Waals surface area contributed by atoms with Gasteiger partial charge in [-0.25, -0.2) is 18.0 Å². The lowest BCUT2D eigenvalue weighted by Crippen LogP contribution is -2.31. The maximum Gasteiger partial charge on any atom is 0.321 e. The van der Waals surface area contributed by atoms with Crippen molar-refractivity contribution in [2.75, 3.05) is 12.4 Å². The molecule has 23 heavy (non-hydrogen) atoms. The second-order valence-electron chi connectivity index (χ2n) is 5.06. The minimum Gasteiger partial charge on any atom is -0.327 e. The Kier molecular flexibility index (Phi) is 4.73. The Labute approximate surface area is 129 Å². The summed E-state index contributed by atoms with van der Waals surface area (Å²) in [4.78, 5) is 26.9. The zero-order valence-corrected chi connectivity index (χ0v) is 12.4. The van der Waals surface area contributed by atoms with E-state index in [9.17, 15) is 22.8 Å². The molecular formula is C15H14F3N3O2. The molecule has 2 amide bonds. The van der Waals surface area contributed by atoms with E-state index in [0.717, 1.165) is 17.0 Å². The molecule has 1 aromatic carbocycles. The molecule has 5 nitrogen and oxygen atoms in total. The molecule has 0 radical (unpaired) electrons. The van der Waals surface area contributed by atoms with Gasteiger partial charge in [0.2, 0.25) is 0 Å². The second kappa shape index (κ2) is 6.55. The van der Waals surface area contributed by atoms with E-state index in [0.29, 0.717) is 11.3 Å². The smallest absolute Gasteiger partial charge is 0.321 e. The Morgan fingerprint density at radius 3 is 2.39 bits per heavy atom. The molecule has 8 heteroatoms. The molecule has 0 aliphatic rings. The van der Waals surface area contributed by atoms with E-state index in [1.165, 1.54) is 19.3 Å². The highest BCUT2D eigenvalue weighted by Gasteiger charge is 2.14. The summed E-state index contributed by atoms with van der Waals surface area (Å²) in [5, 5.41) is 2.53. The molecule has 0 unspecified atom stereocenters. The fraction of sp³-hybridized carbons (Fsp3) is 0.200. The monoisotopic (exact) mass is 325 g/mol. The maximum absolute atomic E-state index is 13.2. The fourth-order valence-corrected chi connectivity index (χ4v) is 1.93. The van der Waals surface area contributed by atoms with Crippen LogP contribution in [0.3, 0.4) is 0 Å². The largest absolute Gasteiger partial charge is 0.327 e. The van der Waals surface area contributed by atoms with Crippen LogP contribution in [-0.4, -0.2) is 23.0 Å². The number of H-pyrrole nitrogens is 1. The summed E-state index contributed by atoms with van der Waals surface area (Å²) < 4.78 is 39.2. The van der Waals surface area contributed by atoms with Gasteiger partial charge in [-0.2, -0.15) is 0 Å². The minimum absolute atomic E-state index is 0.108. The first-order valence-electron chi connectivity index (χ1n) is 6.63. The van der Waals surface area contributed by atoms with E-state index < -0.39 is 23.5 Å². The summed E-state index contributed by atoms with van der Waals surface area (Å²) in [7, 11) is 1.41. The number of nitrogens with one attached hydrogen (secondary N) is 2. The summed E-state index contributed by atoms with van der Waals surface area (Å²) >= 11 is 0. The van der Waals surface area contributed by atoms with Crippen LogP contribution >= 0.6 is 0 Å². The van der Waals surface area contributed by atoms with Gasteiger partial charge in [-0.3, -0.25) is 4.79 Å². The first-order valence-corrected chi connectivity index (χ1v) is 6.63. The number of aromatic nitrogens is 1. The quantitative estimate of drug-likeness (QED) is 0.852. The number of amides is 2. The third kappa shape index (κ3) is 3.91. The summed E-state index contributed by atoms with van der Waals surface area (Å²) in [5.41, 5.74) is 0.633. The highest BCUT2D eigenvalue weighted by atomic mass is 19.2. The first kappa shape index (κ1) is 16.6. The van der Waals surface area contributed by atoms with Crippen LogP contribution in [0.15, 0.2) is 29.2 Å². The van der Waals surface area contributed by atoms with Crippen molar-refractivity contribution in [2.24, 2.45) is 0 Å². The van der Waals surface area contributed by atoms with Crippen LogP contribution in [0.2, 0.25) is 0 Å². The van der Waals surface area contributed by atoms with Gasteiger partial charge < -0.3 is 15.2 Å². The molecule has 2 rings (SSSR count). The Hall–Kier alpha value is -2.77. The van der Waals surface area contributed by atoms with Gasteiger partial charge in [0.1, 0.15) is 0 Å². The molecule has 2 N–H and O–H groups in total. The Bertz CT molecular complexity index is 782. The van der Waals surface area contributed by atoms with Crippen molar-refractivity contribution in [1.29, 1.82) is 0 Å². The number of aromatic amines is 1. The maximum atomic E-state index is 13.2. The first-order chi connectivity index (χ1) is 10.8. The number of hydrogen-bond acceptors (Lipinski definition) is 2. The van der Waals surface area contributed by atoms with Gasteiger partial charge in [0.05, 0.1) is 5.69 Å². The highest BCUT2D eigenvalue weighted by Crippen LogP contribution is 2.15. The number of pyridine rings is 1. The van der Waals surface area contributed by atoms with E-state index in [1.54, 1.807) is 6.92 Å². The highest BCUT2D eigenvalue weighted by molar-refractivity contribution is 5.88. The van der Waals surface area contributed by atoms with Crippen LogP contribution in [0.5, 0.6) is 0 Å². The number of aryl methyl sites for hydroxylation is 1. The molecule has 2 aromatic rings. The lowest BCUT2D eigenvalue weighted by Gasteiger charge is -2.18. The Morgan fingerprint density at radius 1 is 1.22 bits per heavy atom. The number of anilines is 1. The van der Waals surface area contributed by atoms with E-state index in [-0.39, 0.29) is 17.7 Å². The SMILES string of the molecule is Cc1cc(NC(=O)N(C)Cc2cc(F)c(F)c(F)c2)c[nH]c1=O. The van der Waals surface area contributed by atoms with Crippen molar-refractivity contribution in [3.63, 3.8) is 0 Å². The van der Waals surface area contributed by atoms with Gasteiger partial charge in [-0.15, -0.1) is 0 Å². The van der Waals surface area contributed by atoms with Gasteiger partial charge in [-0.05, 0) is 30.7 Å². The van der Waals surface area contributed by atoms with Crippen LogP contribution in [-0.2, 0) is 6.54 Å². The van der Waals surface area contributed by atoms with Crippen molar-refractivity contribution in [1.82, 2.24) is 9.88 Å². The van der Waals surface area contributed by atoms with E-state index in [2.05, 4.69) is 10.3 Å². The summed E-state index contributed by atoms with van der Waals surface area (Å²) in [6.07, 6.45) is 1.33. The van der Waals surface area contributed by atoms with Crippen LogP contribution in [0.25, 0.3) is 0 Å². The Morgan fingerprint density at radius 2 is 1.83 bits per heavy atom. The van der Waals surface area contributed by atoms with Gasteiger partial charge in [0.15, 0.2) is 17.5 Å². The van der Waals surface area contributed by atoms with Crippen LogP contribution in [0, 0.1) is 24.4 Å². The number of nitrogens with zero attached hydrogens (tertiary/aromatic N) is 1. The average molecular weight is 325 g/mol. The summed E-state index contributed by atoms with van der Waals surface area (Å²) in [6.45, 7) is 1.46. The second-order valence-corrected chi connectivity index (χ2v) is 5.06. The third-order valence-corrected chi connectivity index (χ3v) is 3.15. The molecule has 0 spiro atoms. The van der Waals surface area contributed by atoms with Crippen molar-refractivity contribution >= 4 is 11.7 Å². The van der Waals surface area contributed by atoms with Crippen LogP contribution in [0.4, 0.5) is 23.7 Å². The molecule has 1 aromatic heterocycles. The summed E-state index contributed by atoms with van der Waals surface area (Å²) in [6, 6.07) is 2.59.